The first-order valence-electron chi connectivity index (χ1n) is 7.10. The van der Waals surface area contributed by atoms with E-state index in [-0.39, 0.29) is 5.41 Å². The fourth-order valence-electron chi connectivity index (χ4n) is 2.73. The van der Waals surface area contributed by atoms with Gasteiger partial charge in [-0.2, -0.15) is 0 Å². The Hall–Kier alpha value is -0.670. The predicted octanol–water partition coefficient (Wildman–Crippen LogP) is 3.39. The average molecular weight is 279 g/mol. The van der Waals surface area contributed by atoms with Gasteiger partial charge in [-0.05, 0) is 35.1 Å². The van der Waals surface area contributed by atoms with E-state index in [2.05, 4.69) is 58.1 Å². The van der Waals surface area contributed by atoms with Crippen LogP contribution < -0.4 is 5.32 Å². The fourth-order valence-corrected chi connectivity index (χ4v) is 4.25. The Bertz CT molecular complexity index is 490. The van der Waals surface area contributed by atoms with Gasteiger partial charge in [-0.1, -0.05) is 46.8 Å². The maximum Gasteiger partial charge on any atom is 0.0536 e. The molecule has 0 aliphatic carbocycles. The molecule has 1 aromatic carbocycles. The van der Waals surface area contributed by atoms with Crippen LogP contribution in [-0.2, 0) is 16.2 Å². The topological polar surface area (TPSA) is 29.1 Å². The lowest BCUT2D eigenvalue weighted by Gasteiger charge is -2.33. The van der Waals surface area contributed by atoms with Gasteiger partial charge in [0.1, 0.15) is 0 Å². The molecule has 0 saturated carbocycles. The van der Waals surface area contributed by atoms with Gasteiger partial charge in [0, 0.05) is 16.7 Å². The molecule has 1 N–H and O–H groups in total. The molecular formula is C16H25NOS. The Balaban J connectivity index is 2.51. The van der Waals surface area contributed by atoms with Crippen LogP contribution in [0.25, 0.3) is 0 Å². The van der Waals surface area contributed by atoms with Gasteiger partial charge in [0.25, 0.3) is 0 Å². The molecule has 3 unspecified atom stereocenters. The quantitative estimate of drug-likeness (QED) is 0.899. The maximum atomic E-state index is 12.3. The zero-order chi connectivity index (χ0) is 14.2. The van der Waals surface area contributed by atoms with E-state index >= 15 is 0 Å². The number of hydrogen-bond acceptors (Lipinski definition) is 2. The Morgan fingerprint density at radius 3 is 2.63 bits per heavy atom. The zero-order valence-corrected chi connectivity index (χ0v) is 13.4. The average Bonchev–Trinajstić information content (AvgIpc) is 2.32. The largest absolute Gasteiger partial charge is 0.310 e. The second-order valence-electron chi connectivity index (χ2n) is 6.53. The highest BCUT2D eigenvalue weighted by Gasteiger charge is 2.31. The summed E-state index contributed by atoms with van der Waals surface area (Å²) in [6, 6.07) is 6.80. The Kier molecular flexibility index (Phi) is 4.17. The Morgan fingerprint density at radius 1 is 1.37 bits per heavy atom. The summed E-state index contributed by atoms with van der Waals surface area (Å²) >= 11 is 0. The van der Waals surface area contributed by atoms with Crippen LogP contribution >= 0.6 is 0 Å². The van der Waals surface area contributed by atoms with E-state index < -0.39 is 10.8 Å². The van der Waals surface area contributed by atoms with Crippen molar-refractivity contribution in [2.75, 3.05) is 12.3 Å². The van der Waals surface area contributed by atoms with Crippen molar-refractivity contribution < 1.29 is 4.21 Å². The molecule has 19 heavy (non-hydrogen) atoms. The minimum absolute atomic E-state index is 0.133. The minimum atomic E-state index is -0.845. The predicted molar refractivity (Wildman–Crippen MR) is 82.0 cm³/mol. The third-order valence-electron chi connectivity index (χ3n) is 3.86. The van der Waals surface area contributed by atoms with Gasteiger partial charge in [0.05, 0.1) is 10.8 Å². The van der Waals surface area contributed by atoms with Gasteiger partial charge < -0.3 is 5.32 Å². The van der Waals surface area contributed by atoms with Gasteiger partial charge in [-0.15, -0.1) is 0 Å². The zero-order valence-electron chi connectivity index (χ0n) is 12.6. The highest BCUT2D eigenvalue weighted by Crippen LogP contribution is 2.36. The van der Waals surface area contributed by atoms with Crippen LogP contribution in [0.4, 0.5) is 0 Å². The molecule has 2 nitrogen and oxygen atoms in total. The standard InChI is InChI=1S/C16H25NOS/c1-6-17-15-11(2)10-19(18)14-8-7-12(9-13(14)15)16(3,4)5/h7-9,11,15,17H,6,10H2,1-5H3. The van der Waals surface area contributed by atoms with Crippen molar-refractivity contribution >= 4 is 10.8 Å². The fraction of sp³-hybridized carbons (Fsp3) is 0.625. The number of benzene rings is 1. The van der Waals surface area contributed by atoms with Crippen LogP contribution in [0.15, 0.2) is 23.1 Å². The van der Waals surface area contributed by atoms with Crippen LogP contribution in [0.1, 0.15) is 51.8 Å². The van der Waals surface area contributed by atoms with Gasteiger partial charge in [0.15, 0.2) is 0 Å². The molecule has 0 saturated heterocycles. The van der Waals surface area contributed by atoms with Crippen molar-refractivity contribution in [2.24, 2.45) is 5.92 Å². The Labute approximate surface area is 119 Å². The molecule has 1 aromatic rings. The molecule has 1 aliphatic heterocycles. The third-order valence-corrected chi connectivity index (χ3v) is 5.55. The molecule has 3 atom stereocenters. The van der Waals surface area contributed by atoms with Crippen molar-refractivity contribution in [1.82, 2.24) is 5.32 Å². The van der Waals surface area contributed by atoms with Crippen molar-refractivity contribution in [1.29, 1.82) is 0 Å². The lowest BCUT2D eigenvalue weighted by atomic mass is 9.84. The van der Waals surface area contributed by atoms with Gasteiger partial charge in [0.2, 0.25) is 0 Å². The summed E-state index contributed by atoms with van der Waals surface area (Å²) in [5.74, 6) is 1.18. The summed E-state index contributed by atoms with van der Waals surface area (Å²) in [6.45, 7) is 11.9. The molecular weight excluding hydrogens is 254 g/mol. The smallest absolute Gasteiger partial charge is 0.0536 e. The molecule has 0 aromatic heterocycles. The second kappa shape index (κ2) is 5.37. The summed E-state index contributed by atoms with van der Waals surface area (Å²) < 4.78 is 12.3. The highest BCUT2D eigenvalue weighted by atomic mass is 32.2. The molecule has 1 heterocycles. The van der Waals surface area contributed by atoms with E-state index in [4.69, 9.17) is 0 Å². The number of nitrogens with one attached hydrogen (secondary N) is 1. The van der Waals surface area contributed by atoms with Crippen LogP contribution in [0.2, 0.25) is 0 Å². The van der Waals surface area contributed by atoms with Crippen molar-refractivity contribution in [3.05, 3.63) is 29.3 Å². The van der Waals surface area contributed by atoms with E-state index in [1.54, 1.807) is 0 Å². The normalized spacial score (nSPS) is 27.1. The molecule has 2 rings (SSSR count). The molecule has 0 amide bonds. The van der Waals surface area contributed by atoms with Crippen molar-refractivity contribution in [3.8, 4) is 0 Å². The lowest BCUT2D eigenvalue weighted by Crippen LogP contribution is -2.34. The van der Waals surface area contributed by atoms with Crippen molar-refractivity contribution in [3.63, 3.8) is 0 Å². The molecule has 1 aliphatic rings. The first-order valence-corrected chi connectivity index (χ1v) is 8.42. The SMILES string of the molecule is CCNC1c2cc(C(C)(C)C)ccc2S(=O)CC1C. The maximum absolute atomic E-state index is 12.3. The number of hydrogen-bond donors (Lipinski definition) is 1. The molecule has 0 fully saturated rings. The highest BCUT2D eigenvalue weighted by molar-refractivity contribution is 7.85. The monoisotopic (exact) mass is 279 g/mol. The van der Waals surface area contributed by atoms with E-state index in [1.807, 2.05) is 0 Å². The van der Waals surface area contributed by atoms with Crippen LogP contribution in [0.3, 0.4) is 0 Å². The van der Waals surface area contributed by atoms with Gasteiger partial charge >= 0.3 is 0 Å². The Morgan fingerprint density at radius 2 is 2.05 bits per heavy atom. The summed E-state index contributed by atoms with van der Waals surface area (Å²) in [5.41, 5.74) is 2.69. The van der Waals surface area contributed by atoms with E-state index in [0.717, 1.165) is 17.2 Å². The first-order chi connectivity index (χ1) is 8.84. The van der Waals surface area contributed by atoms with E-state index in [0.29, 0.717) is 12.0 Å². The van der Waals surface area contributed by atoms with E-state index in [9.17, 15) is 4.21 Å². The van der Waals surface area contributed by atoms with E-state index in [1.165, 1.54) is 11.1 Å². The number of rotatable bonds is 2. The molecule has 0 radical (unpaired) electrons. The summed E-state index contributed by atoms with van der Waals surface area (Å²) in [5, 5.41) is 3.56. The molecule has 3 heteroatoms. The number of fused-ring (bicyclic) bond motifs is 1. The molecule has 106 valence electrons. The first kappa shape index (κ1) is 14.7. The molecule has 0 bridgehead atoms. The van der Waals surface area contributed by atoms with Gasteiger partial charge in [-0.3, -0.25) is 4.21 Å². The van der Waals surface area contributed by atoms with Crippen LogP contribution in [0.5, 0.6) is 0 Å². The van der Waals surface area contributed by atoms with Crippen LogP contribution in [0, 0.1) is 5.92 Å². The summed E-state index contributed by atoms with van der Waals surface area (Å²) in [4.78, 5) is 1.03. The summed E-state index contributed by atoms with van der Waals surface area (Å²) in [7, 11) is -0.845. The van der Waals surface area contributed by atoms with Crippen molar-refractivity contribution in [2.45, 2.75) is 51.0 Å². The van der Waals surface area contributed by atoms with Crippen LogP contribution in [-0.4, -0.2) is 16.5 Å². The summed E-state index contributed by atoms with van der Waals surface area (Å²) in [6.07, 6.45) is 0. The minimum Gasteiger partial charge on any atom is -0.310 e. The molecule has 0 spiro atoms. The lowest BCUT2D eigenvalue weighted by molar-refractivity contribution is 0.409. The second-order valence-corrected chi connectivity index (χ2v) is 7.99. The third kappa shape index (κ3) is 2.92. The van der Waals surface area contributed by atoms with Gasteiger partial charge in [-0.25, -0.2) is 0 Å².